The molecule has 3 heteroatoms. The minimum atomic E-state index is -0.396. The number of esters is 1. The lowest BCUT2D eigenvalue weighted by molar-refractivity contribution is -0.144. The van der Waals surface area contributed by atoms with Crippen LogP contribution in [0.3, 0.4) is 0 Å². The van der Waals surface area contributed by atoms with E-state index < -0.39 is 5.60 Å². The highest BCUT2D eigenvalue weighted by Gasteiger charge is 2.44. The van der Waals surface area contributed by atoms with Gasteiger partial charge in [0.05, 0.1) is 5.57 Å². The quantitative estimate of drug-likeness (QED) is 0.467. The molecule has 68 valence electrons. The molecule has 1 unspecified atom stereocenters. The molecule has 1 atom stereocenters. The highest BCUT2D eigenvalue weighted by molar-refractivity contribution is 6.27. The third-order valence-electron chi connectivity index (χ3n) is 2.33. The molecule has 12 heavy (non-hydrogen) atoms. The van der Waals surface area contributed by atoms with Gasteiger partial charge >= 0.3 is 5.97 Å². The molecule has 0 saturated carbocycles. The third-order valence-corrected chi connectivity index (χ3v) is 2.57. The summed E-state index contributed by atoms with van der Waals surface area (Å²) in [4.78, 5) is 11.2. The van der Waals surface area contributed by atoms with Crippen molar-refractivity contribution in [3.05, 3.63) is 11.1 Å². The summed E-state index contributed by atoms with van der Waals surface area (Å²) in [7, 11) is 0. The van der Waals surface area contributed by atoms with Gasteiger partial charge in [-0.3, -0.25) is 0 Å². The van der Waals surface area contributed by atoms with Crippen molar-refractivity contribution in [2.45, 2.75) is 32.8 Å². The van der Waals surface area contributed by atoms with Gasteiger partial charge in [-0.25, -0.2) is 4.79 Å². The SMILES string of the molecule is CCC1/C(=C\Cl)C(=O)OC1(C)C. The van der Waals surface area contributed by atoms with E-state index in [-0.39, 0.29) is 11.9 Å². The molecular formula is C9H13ClO2. The number of hydrogen-bond donors (Lipinski definition) is 0. The number of halogens is 1. The molecule has 0 amide bonds. The summed E-state index contributed by atoms with van der Waals surface area (Å²) in [5.74, 6) is -0.149. The zero-order chi connectivity index (χ0) is 9.35. The second-order valence-corrected chi connectivity index (χ2v) is 3.74. The first-order valence-electron chi connectivity index (χ1n) is 4.06. The molecule has 0 aromatic heterocycles. The van der Waals surface area contributed by atoms with Crippen molar-refractivity contribution in [3.8, 4) is 0 Å². The molecule has 1 rings (SSSR count). The lowest BCUT2D eigenvalue weighted by atomic mass is 9.86. The van der Waals surface area contributed by atoms with Crippen LogP contribution in [0.2, 0.25) is 0 Å². The Balaban J connectivity index is 2.99. The van der Waals surface area contributed by atoms with Crippen LogP contribution in [0.25, 0.3) is 0 Å². The van der Waals surface area contributed by atoms with E-state index in [2.05, 4.69) is 0 Å². The lowest BCUT2D eigenvalue weighted by Crippen LogP contribution is -2.27. The number of cyclic esters (lactones) is 1. The van der Waals surface area contributed by atoms with Gasteiger partial charge in [0.25, 0.3) is 0 Å². The second kappa shape index (κ2) is 3.09. The van der Waals surface area contributed by atoms with E-state index in [0.717, 1.165) is 6.42 Å². The molecule has 1 saturated heterocycles. The Hall–Kier alpha value is -0.500. The summed E-state index contributed by atoms with van der Waals surface area (Å²) in [5.41, 5.74) is 1.54. The molecule has 1 aliphatic rings. The van der Waals surface area contributed by atoms with Crippen LogP contribution < -0.4 is 0 Å². The predicted octanol–water partition coefficient (Wildman–Crippen LogP) is 2.47. The number of ether oxygens (including phenoxy) is 1. The van der Waals surface area contributed by atoms with Crippen molar-refractivity contribution >= 4 is 17.6 Å². The maximum atomic E-state index is 11.2. The molecule has 1 heterocycles. The fourth-order valence-electron chi connectivity index (χ4n) is 1.72. The van der Waals surface area contributed by atoms with E-state index in [4.69, 9.17) is 16.3 Å². The Morgan fingerprint density at radius 3 is 2.58 bits per heavy atom. The average molecular weight is 189 g/mol. The zero-order valence-electron chi connectivity index (χ0n) is 7.56. The van der Waals surface area contributed by atoms with E-state index >= 15 is 0 Å². The average Bonchev–Trinajstić information content (AvgIpc) is 2.18. The fraction of sp³-hybridized carbons (Fsp3) is 0.667. The Kier molecular flexibility index (Phi) is 2.47. The van der Waals surface area contributed by atoms with Crippen LogP contribution in [0.4, 0.5) is 0 Å². The van der Waals surface area contributed by atoms with Crippen LogP contribution in [0.15, 0.2) is 11.1 Å². The van der Waals surface area contributed by atoms with Gasteiger partial charge in [-0.15, -0.1) is 0 Å². The van der Waals surface area contributed by atoms with Crippen molar-refractivity contribution in [3.63, 3.8) is 0 Å². The number of carbonyl (C=O) groups is 1. The molecule has 0 aromatic rings. The summed E-state index contributed by atoms with van der Waals surface area (Å²) in [6.07, 6.45) is 0.872. The van der Waals surface area contributed by atoms with Gasteiger partial charge < -0.3 is 4.74 Å². The van der Waals surface area contributed by atoms with Gasteiger partial charge in [0.1, 0.15) is 5.60 Å². The molecule has 1 fully saturated rings. The minimum absolute atomic E-state index is 0.127. The van der Waals surface area contributed by atoms with E-state index in [1.165, 1.54) is 5.54 Å². The van der Waals surface area contributed by atoms with E-state index in [9.17, 15) is 4.79 Å². The summed E-state index contributed by atoms with van der Waals surface area (Å²) in [6.45, 7) is 5.84. The Labute approximate surface area is 77.5 Å². The molecule has 0 aromatic carbocycles. The number of carbonyl (C=O) groups excluding carboxylic acids is 1. The van der Waals surface area contributed by atoms with Crippen molar-refractivity contribution in [2.24, 2.45) is 5.92 Å². The van der Waals surface area contributed by atoms with Crippen LogP contribution in [0.5, 0.6) is 0 Å². The van der Waals surface area contributed by atoms with Crippen molar-refractivity contribution in [2.75, 3.05) is 0 Å². The molecular weight excluding hydrogens is 176 g/mol. The van der Waals surface area contributed by atoms with Gasteiger partial charge in [0.2, 0.25) is 0 Å². The first-order chi connectivity index (χ1) is 5.53. The van der Waals surface area contributed by atoms with Crippen LogP contribution in [-0.2, 0) is 9.53 Å². The van der Waals surface area contributed by atoms with E-state index in [1.54, 1.807) is 0 Å². The Bertz CT molecular complexity index is 231. The predicted molar refractivity (Wildman–Crippen MR) is 47.9 cm³/mol. The van der Waals surface area contributed by atoms with E-state index in [0.29, 0.717) is 5.57 Å². The zero-order valence-corrected chi connectivity index (χ0v) is 8.31. The van der Waals surface area contributed by atoms with Gasteiger partial charge in [0, 0.05) is 11.5 Å². The van der Waals surface area contributed by atoms with Gasteiger partial charge in [-0.2, -0.15) is 0 Å². The van der Waals surface area contributed by atoms with Gasteiger partial charge in [0.15, 0.2) is 0 Å². The molecule has 0 aliphatic carbocycles. The van der Waals surface area contributed by atoms with Crippen LogP contribution in [-0.4, -0.2) is 11.6 Å². The summed E-state index contributed by atoms with van der Waals surface area (Å²) in [5, 5.41) is 0. The maximum Gasteiger partial charge on any atom is 0.335 e. The second-order valence-electron chi connectivity index (χ2n) is 3.52. The standard InChI is InChI=1S/C9H13ClO2/c1-4-7-6(5-10)8(11)12-9(7,2)3/h5,7H,4H2,1-3H3/b6-5+. The normalized spacial score (nSPS) is 30.8. The van der Waals surface area contributed by atoms with Crippen LogP contribution in [0.1, 0.15) is 27.2 Å². The fourth-order valence-corrected chi connectivity index (χ4v) is 1.96. The highest BCUT2D eigenvalue weighted by atomic mass is 35.5. The monoisotopic (exact) mass is 188 g/mol. The van der Waals surface area contributed by atoms with Gasteiger partial charge in [-0.1, -0.05) is 18.5 Å². The molecule has 2 nitrogen and oxygen atoms in total. The topological polar surface area (TPSA) is 26.3 Å². The van der Waals surface area contributed by atoms with Crippen LogP contribution in [0, 0.1) is 5.92 Å². The smallest absolute Gasteiger partial charge is 0.335 e. The summed E-state index contributed by atoms with van der Waals surface area (Å²) in [6, 6.07) is 0. The van der Waals surface area contributed by atoms with Gasteiger partial charge in [-0.05, 0) is 20.3 Å². The Morgan fingerprint density at radius 1 is 1.67 bits per heavy atom. The molecule has 0 N–H and O–H groups in total. The largest absolute Gasteiger partial charge is 0.456 e. The highest BCUT2D eigenvalue weighted by Crippen LogP contribution is 2.38. The third kappa shape index (κ3) is 1.36. The van der Waals surface area contributed by atoms with Crippen molar-refractivity contribution < 1.29 is 9.53 Å². The lowest BCUT2D eigenvalue weighted by Gasteiger charge is -2.23. The molecule has 0 bridgehead atoms. The number of hydrogen-bond acceptors (Lipinski definition) is 2. The first-order valence-corrected chi connectivity index (χ1v) is 4.50. The minimum Gasteiger partial charge on any atom is -0.456 e. The first kappa shape index (κ1) is 9.59. The van der Waals surface area contributed by atoms with Crippen molar-refractivity contribution in [1.82, 2.24) is 0 Å². The molecule has 0 spiro atoms. The molecule has 1 aliphatic heterocycles. The summed E-state index contributed by atoms with van der Waals surface area (Å²) >= 11 is 5.54. The van der Waals surface area contributed by atoms with Crippen molar-refractivity contribution in [1.29, 1.82) is 0 Å². The van der Waals surface area contributed by atoms with E-state index in [1.807, 2.05) is 20.8 Å². The molecule has 0 radical (unpaired) electrons. The number of rotatable bonds is 1. The maximum absolute atomic E-state index is 11.2. The Morgan fingerprint density at radius 2 is 2.25 bits per heavy atom. The van der Waals surface area contributed by atoms with Crippen LogP contribution >= 0.6 is 11.6 Å². The summed E-state index contributed by atoms with van der Waals surface area (Å²) < 4.78 is 5.16.